The van der Waals surface area contributed by atoms with Crippen molar-refractivity contribution in [3.63, 3.8) is 0 Å². The molecule has 144 valence electrons. The normalized spacial score (nSPS) is 18.8. The Balaban J connectivity index is 1.97. The molecule has 1 amide bonds. The standard InChI is InChI=1S/C18H15FN4O4S/c1-9-14(17(25)21-11-7-5-10(19)6-8-11)15(22-18(28)20-9)12-3-2-4-13(16(12)24)23(26)27/h2-8,14-15,24H,1H2,(H,21,25)(H2,20,22,28)/p-1/t14-,15+/m1/s1. The van der Waals surface area contributed by atoms with E-state index in [1.54, 1.807) is 0 Å². The number of nitro groups is 1. The van der Waals surface area contributed by atoms with E-state index in [1.165, 1.54) is 36.4 Å². The lowest BCUT2D eigenvalue weighted by Crippen LogP contribution is -2.51. The van der Waals surface area contributed by atoms with Gasteiger partial charge in [0.25, 0.3) is 5.69 Å². The van der Waals surface area contributed by atoms with E-state index in [0.717, 1.165) is 6.07 Å². The molecule has 1 heterocycles. The van der Waals surface area contributed by atoms with Crippen molar-refractivity contribution >= 4 is 34.6 Å². The summed E-state index contributed by atoms with van der Waals surface area (Å²) in [6.07, 6.45) is 0. The van der Waals surface area contributed by atoms with Crippen molar-refractivity contribution in [3.05, 3.63) is 76.2 Å². The molecule has 10 heteroatoms. The summed E-state index contributed by atoms with van der Waals surface area (Å²) < 4.78 is 13.1. The first kappa shape index (κ1) is 19.2. The molecule has 0 radical (unpaired) electrons. The topological polar surface area (TPSA) is 119 Å². The number of rotatable bonds is 4. The van der Waals surface area contributed by atoms with Crippen LogP contribution < -0.4 is 21.1 Å². The second-order valence-electron chi connectivity index (χ2n) is 6.03. The molecular weight excluding hydrogens is 387 g/mol. The zero-order valence-electron chi connectivity index (χ0n) is 14.3. The number of nitrogens with one attached hydrogen (secondary N) is 3. The summed E-state index contributed by atoms with van der Waals surface area (Å²) in [4.78, 5) is 23.2. The van der Waals surface area contributed by atoms with Gasteiger partial charge in [-0.15, -0.1) is 0 Å². The number of carbonyl (C=O) groups is 1. The van der Waals surface area contributed by atoms with Gasteiger partial charge >= 0.3 is 0 Å². The van der Waals surface area contributed by atoms with Crippen molar-refractivity contribution in [2.45, 2.75) is 6.04 Å². The predicted molar refractivity (Wildman–Crippen MR) is 102 cm³/mol. The summed E-state index contributed by atoms with van der Waals surface area (Å²) in [5, 5.41) is 31.9. The monoisotopic (exact) mass is 401 g/mol. The number of hydrogen-bond acceptors (Lipinski definition) is 5. The first-order valence-electron chi connectivity index (χ1n) is 8.05. The van der Waals surface area contributed by atoms with Crippen molar-refractivity contribution in [2.24, 2.45) is 5.92 Å². The third-order valence-electron chi connectivity index (χ3n) is 4.22. The van der Waals surface area contributed by atoms with Gasteiger partial charge in [-0.2, -0.15) is 0 Å². The molecule has 1 fully saturated rings. The van der Waals surface area contributed by atoms with Crippen molar-refractivity contribution in [3.8, 4) is 5.75 Å². The van der Waals surface area contributed by atoms with Crippen molar-refractivity contribution in [2.75, 3.05) is 5.32 Å². The number of carbonyl (C=O) groups excluding carboxylic acids is 1. The van der Waals surface area contributed by atoms with Gasteiger partial charge in [-0.05, 0) is 47.8 Å². The second-order valence-corrected chi connectivity index (χ2v) is 6.44. The maximum atomic E-state index is 13.1. The van der Waals surface area contributed by atoms with Crippen LogP contribution in [0.4, 0.5) is 15.8 Å². The lowest BCUT2D eigenvalue weighted by molar-refractivity contribution is -0.398. The Morgan fingerprint density at radius 3 is 2.57 bits per heavy atom. The molecule has 0 spiro atoms. The quantitative estimate of drug-likeness (QED) is 0.408. The van der Waals surface area contributed by atoms with Crippen LogP contribution in [0.1, 0.15) is 11.6 Å². The highest BCUT2D eigenvalue weighted by Crippen LogP contribution is 2.37. The number of para-hydroxylation sites is 1. The van der Waals surface area contributed by atoms with Crippen molar-refractivity contribution in [1.82, 2.24) is 10.6 Å². The van der Waals surface area contributed by atoms with E-state index in [4.69, 9.17) is 12.2 Å². The highest BCUT2D eigenvalue weighted by Gasteiger charge is 2.37. The molecule has 28 heavy (non-hydrogen) atoms. The minimum atomic E-state index is -1.01. The number of benzene rings is 2. The highest BCUT2D eigenvalue weighted by molar-refractivity contribution is 7.80. The van der Waals surface area contributed by atoms with Crippen LogP contribution >= 0.6 is 12.2 Å². The molecule has 8 nitrogen and oxygen atoms in total. The molecule has 0 unspecified atom stereocenters. The van der Waals surface area contributed by atoms with E-state index in [-0.39, 0.29) is 16.4 Å². The van der Waals surface area contributed by atoms with Gasteiger partial charge in [0.1, 0.15) is 11.7 Å². The molecule has 0 saturated carbocycles. The first-order valence-corrected chi connectivity index (χ1v) is 8.46. The summed E-state index contributed by atoms with van der Waals surface area (Å²) in [5.74, 6) is -2.83. The zero-order chi connectivity index (χ0) is 20.4. The maximum absolute atomic E-state index is 13.1. The lowest BCUT2D eigenvalue weighted by Gasteiger charge is -2.36. The number of amides is 1. The summed E-state index contributed by atoms with van der Waals surface area (Å²) >= 11 is 5.08. The van der Waals surface area contributed by atoms with Crippen molar-refractivity contribution < 1.29 is 19.2 Å². The fourth-order valence-electron chi connectivity index (χ4n) is 2.94. The van der Waals surface area contributed by atoms with Crippen LogP contribution in [-0.4, -0.2) is 15.9 Å². The largest absolute Gasteiger partial charge is 0.868 e. The SMILES string of the molecule is C=C1NC(=S)N[C@@H](c2cccc([N+](=O)[O-])c2[O-])[C@@H]1C(=O)Nc1ccc(F)cc1. The Hall–Kier alpha value is -3.53. The van der Waals surface area contributed by atoms with Crippen LogP contribution in [0.3, 0.4) is 0 Å². The lowest BCUT2D eigenvalue weighted by atomic mass is 9.87. The van der Waals surface area contributed by atoms with Crippen LogP contribution in [0.15, 0.2) is 54.7 Å². The van der Waals surface area contributed by atoms with E-state index in [2.05, 4.69) is 22.5 Å². The predicted octanol–water partition coefficient (Wildman–Crippen LogP) is 2.09. The summed E-state index contributed by atoms with van der Waals surface area (Å²) in [6.45, 7) is 3.79. The molecule has 0 aromatic heterocycles. The number of nitro benzene ring substituents is 1. The second kappa shape index (κ2) is 7.61. The average molecular weight is 401 g/mol. The van der Waals surface area contributed by atoms with Crippen LogP contribution in [0.5, 0.6) is 5.75 Å². The molecule has 2 atom stereocenters. The van der Waals surface area contributed by atoms with E-state index < -0.39 is 40.0 Å². The van der Waals surface area contributed by atoms with Crippen LogP contribution in [-0.2, 0) is 4.79 Å². The molecule has 1 aliphatic heterocycles. The van der Waals surface area contributed by atoms with Gasteiger partial charge in [0.15, 0.2) is 5.11 Å². The number of anilines is 1. The summed E-state index contributed by atoms with van der Waals surface area (Å²) in [6, 6.07) is 8.01. The molecule has 0 bridgehead atoms. The minimum Gasteiger partial charge on any atom is -0.868 e. The Morgan fingerprint density at radius 2 is 1.93 bits per heavy atom. The van der Waals surface area contributed by atoms with E-state index >= 15 is 0 Å². The summed E-state index contributed by atoms with van der Waals surface area (Å²) in [7, 11) is 0. The number of nitrogens with zero attached hydrogens (tertiary/aromatic N) is 1. The van der Waals surface area contributed by atoms with Gasteiger partial charge in [-0.1, -0.05) is 18.7 Å². The van der Waals surface area contributed by atoms with Crippen molar-refractivity contribution in [1.29, 1.82) is 0 Å². The van der Waals surface area contributed by atoms with E-state index in [9.17, 15) is 24.4 Å². The Morgan fingerprint density at radius 1 is 1.25 bits per heavy atom. The Bertz CT molecular complexity index is 980. The third-order valence-corrected chi connectivity index (χ3v) is 4.44. The molecule has 1 aliphatic rings. The first-order chi connectivity index (χ1) is 13.3. The van der Waals surface area contributed by atoms with Gasteiger partial charge in [0.05, 0.1) is 11.0 Å². The molecule has 1 saturated heterocycles. The van der Waals surface area contributed by atoms with Gasteiger partial charge in [0, 0.05) is 17.5 Å². The number of thiocarbonyl (C=S) groups is 1. The Labute approximate surface area is 164 Å². The fraction of sp³-hybridized carbons (Fsp3) is 0.111. The van der Waals surface area contributed by atoms with E-state index in [1.807, 2.05) is 0 Å². The van der Waals surface area contributed by atoms with E-state index in [0.29, 0.717) is 5.69 Å². The fourth-order valence-corrected chi connectivity index (χ4v) is 3.19. The Kier molecular flexibility index (Phi) is 5.23. The molecule has 2 aromatic rings. The van der Waals surface area contributed by atoms with Gasteiger partial charge in [0.2, 0.25) is 5.91 Å². The molecule has 3 N–H and O–H groups in total. The van der Waals surface area contributed by atoms with Gasteiger partial charge in [-0.3, -0.25) is 14.9 Å². The van der Waals surface area contributed by atoms with Gasteiger partial charge in [-0.25, -0.2) is 4.39 Å². The smallest absolute Gasteiger partial charge is 0.262 e. The van der Waals surface area contributed by atoms with Crippen LogP contribution in [0.2, 0.25) is 0 Å². The zero-order valence-corrected chi connectivity index (χ0v) is 15.1. The maximum Gasteiger partial charge on any atom is 0.262 e. The molecule has 2 aromatic carbocycles. The third kappa shape index (κ3) is 3.76. The van der Waals surface area contributed by atoms with Crippen LogP contribution in [0, 0.1) is 21.8 Å². The van der Waals surface area contributed by atoms with Gasteiger partial charge < -0.3 is 21.1 Å². The molecule has 0 aliphatic carbocycles. The number of hydrogen-bond donors (Lipinski definition) is 3. The summed E-state index contributed by atoms with van der Waals surface area (Å²) in [5.41, 5.74) is -0.0303. The molecular formula is C18H14FN4O4S-. The number of halogens is 1. The highest BCUT2D eigenvalue weighted by atomic mass is 32.1. The van der Waals surface area contributed by atoms with Crippen LogP contribution in [0.25, 0.3) is 0 Å². The minimum absolute atomic E-state index is 0.0125. The molecule has 3 rings (SSSR count). The average Bonchev–Trinajstić information content (AvgIpc) is 2.62.